The second-order valence-electron chi connectivity index (χ2n) is 8.19. The number of piperidine rings is 1. The van der Waals surface area contributed by atoms with Crippen molar-refractivity contribution >= 4 is 23.5 Å². The average molecular weight is 419 g/mol. The fourth-order valence-corrected chi connectivity index (χ4v) is 4.99. The highest BCUT2D eigenvalue weighted by Crippen LogP contribution is 2.34. The minimum Gasteiger partial charge on any atom is -0.614 e. The van der Waals surface area contributed by atoms with E-state index in [1.807, 2.05) is 0 Å². The van der Waals surface area contributed by atoms with Crippen LogP contribution in [0.5, 0.6) is 0 Å². The van der Waals surface area contributed by atoms with Gasteiger partial charge in [-0.2, -0.15) is 0 Å². The Morgan fingerprint density at radius 2 is 1.86 bits per heavy atom. The Kier molecular flexibility index (Phi) is 8.57. The number of hydrogen-bond acceptors (Lipinski definition) is 3. The summed E-state index contributed by atoms with van der Waals surface area (Å²) in [5.74, 6) is 0.603. The predicted molar refractivity (Wildman–Crippen MR) is 120 cm³/mol. The number of hydrogen-bond donors (Lipinski definition) is 0. The van der Waals surface area contributed by atoms with Gasteiger partial charge in [-0.3, -0.25) is 9.59 Å². The maximum absolute atomic E-state index is 12.5. The quantitative estimate of drug-likeness (QED) is 0.369. The maximum atomic E-state index is 12.5. The average Bonchev–Trinajstić information content (AvgIpc) is 2.76. The Bertz CT molecular complexity index is 661. The number of ether oxygens (including phenoxy) is 1. The van der Waals surface area contributed by atoms with Gasteiger partial charge in [-0.15, -0.1) is 6.04 Å². The van der Waals surface area contributed by atoms with E-state index in [0.717, 1.165) is 44.4 Å². The van der Waals surface area contributed by atoms with Crippen molar-refractivity contribution < 1.29 is 14.3 Å². The van der Waals surface area contributed by atoms with Crippen molar-refractivity contribution in [3.63, 3.8) is 0 Å². The number of amides is 1. The van der Waals surface area contributed by atoms with Gasteiger partial charge in [0.2, 0.25) is 5.78 Å². The zero-order chi connectivity index (χ0) is 20.6. The van der Waals surface area contributed by atoms with Crippen LogP contribution in [0, 0.1) is 0 Å². The second kappa shape index (κ2) is 11.1. The number of benzene rings is 1. The van der Waals surface area contributed by atoms with Crippen LogP contribution in [-0.4, -0.2) is 60.1 Å². The van der Waals surface area contributed by atoms with Crippen LogP contribution in [-0.2, 0) is 26.1 Å². The summed E-state index contributed by atoms with van der Waals surface area (Å²) in [4.78, 5) is 25.9. The Balaban J connectivity index is 1.56. The molecule has 1 saturated heterocycles. The lowest BCUT2D eigenvalue weighted by molar-refractivity contribution is -0.148. The van der Waals surface area contributed by atoms with Crippen molar-refractivity contribution in [2.24, 2.45) is 0 Å². The Morgan fingerprint density at radius 1 is 1.14 bits per heavy atom. The number of likely N-dealkylation sites (tertiary alicyclic amines) is 1. The molecule has 2 atom stereocenters. The van der Waals surface area contributed by atoms with Crippen LogP contribution < -0.4 is 0 Å². The molecule has 2 fully saturated rings. The predicted octanol–water partition coefficient (Wildman–Crippen LogP) is 3.45. The normalized spacial score (nSPS) is 27.6. The first kappa shape index (κ1) is 22.3. The molecule has 0 radical (unpaired) electrons. The lowest BCUT2D eigenvalue weighted by Crippen LogP contribution is -2.55. The van der Waals surface area contributed by atoms with E-state index in [0.29, 0.717) is 19.1 Å². The summed E-state index contributed by atoms with van der Waals surface area (Å²) in [7, 11) is 0. The van der Waals surface area contributed by atoms with E-state index in [2.05, 4.69) is 36.6 Å². The third-order valence-electron chi connectivity index (χ3n) is 6.21. The summed E-state index contributed by atoms with van der Waals surface area (Å²) < 4.78 is 6.31. The number of thiol groups is 1. The SMILES string of the molecule is C[SH+]C[N-]C1CCCN(C(=O)C(C)=O)[C@H]1COC1CCC(c2ccccc2)CC1. The van der Waals surface area contributed by atoms with E-state index in [9.17, 15) is 9.59 Å². The van der Waals surface area contributed by atoms with Gasteiger partial charge in [-0.1, -0.05) is 48.5 Å². The zero-order valence-corrected chi connectivity index (χ0v) is 18.5. The topological polar surface area (TPSA) is 60.7 Å². The number of nitrogens with zero attached hydrogens (tertiary/aromatic N) is 2. The molecule has 0 bridgehead atoms. The molecule has 1 amide bonds. The molecule has 1 aromatic rings. The molecule has 1 aromatic carbocycles. The van der Waals surface area contributed by atoms with Gasteiger partial charge in [0.1, 0.15) is 0 Å². The third-order valence-corrected chi connectivity index (χ3v) is 6.66. The molecule has 0 spiro atoms. The summed E-state index contributed by atoms with van der Waals surface area (Å²) in [6, 6.07) is 10.7. The first-order valence-corrected chi connectivity index (χ1v) is 12.3. The van der Waals surface area contributed by atoms with Crippen molar-refractivity contribution in [2.75, 3.05) is 25.3 Å². The first-order valence-electron chi connectivity index (χ1n) is 10.8. The third kappa shape index (κ3) is 6.06. The summed E-state index contributed by atoms with van der Waals surface area (Å²) in [6.07, 6.45) is 8.54. The van der Waals surface area contributed by atoms with Gasteiger partial charge in [0.05, 0.1) is 19.0 Å². The Morgan fingerprint density at radius 3 is 2.52 bits per heavy atom. The number of ketones is 1. The summed E-state index contributed by atoms with van der Waals surface area (Å²) >= 11 is 1.22. The highest BCUT2D eigenvalue weighted by molar-refractivity contribution is 7.77. The van der Waals surface area contributed by atoms with Gasteiger partial charge in [0, 0.05) is 25.4 Å². The number of carbonyl (C=O) groups is 2. The van der Waals surface area contributed by atoms with Gasteiger partial charge < -0.3 is 15.0 Å². The van der Waals surface area contributed by atoms with Crippen molar-refractivity contribution in [2.45, 2.75) is 69.6 Å². The lowest BCUT2D eigenvalue weighted by Gasteiger charge is -2.47. The minimum absolute atomic E-state index is 0.0696. The van der Waals surface area contributed by atoms with E-state index in [4.69, 9.17) is 10.1 Å². The molecule has 3 rings (SSSR count). The van der Waals surface area contributed by atoms with Gasteiger partial charge in [0.15, 0.2) is 0 Å². The van der Waals surface area contributed by atoms with E-state index in [-0.39, 0.29) is 24.1 Å². The van der Waals surface area contributed by atoms with Gasteiger partial charge >= 0.3 is 0 Å². The highest BCUT2D eigenvalue weighted by atomic mass is 32.2. The number of Topliss-reactive ketones (excluding diaryl/α,β-unsaturated/α-hetero) is 1. The van der Waals surface area contributed by atoms with Crippen LogP contribution in [0.25, 0.3) is 5.32 Å². The first-order chi connectivity index (χ1) is 14.1. The molecular weight excluding hydrogens is 384 g/mol. The fourth-order valence-electron chi connectivity index (χ4n) is 4.61. The van der Waals surface area contributed by atoms with Crippen LogP contribution in [0.2, 0.25) is 0 Å². The van der Waals surface area contributed by atoms with Crippen LogP contribution in [0.4, 0.5) is 0 Å². The molecule has 0 aromatic heterocycles. The van der Waals surface area contributed by atoms with Gasteiger partial charge in [0.25, 0.3) is 5.91 Å². The highest BCUT2D eigenvalue weighted by Gasteiger charge is 2.33. The maximum Gasteiger partial charge on any atom is 0.289 e. The van der Waals surface area contributed by atoms with Crippen molar-refractivity contribution in [1.82, 2.24) is 4.90 Å². The minimum atomic E-state index is -0.396. The van der Waals surface area contributed by atoms with Gasteiger partial charge in [-0.05, 0) is 43.6 Å². The lowest BCUT2D eigenvalue weighted by atomic mass is 9.83. The molecule has 1 unspecified atom stereocenters. The standard InChI is InChI=1S/C23H33N2O3S/c1-17(26)23(27)25-14-6-9-21(24-16-29-2)22(25)15-28-20-12-10-19(11-13-20)18-7-4-3-5-8-18/h3-5,7-8,19-22H,6,9-16H2,1-2H3/q-1/p+1/t19?,20?,21?,22-/m0/s1. The summed E-state index contributed by atoms with van der Waals surface area (Å²) in [6.45, 7) is 2.47. The number of carbonyl (C=O) groups excluding carboxylic acids is 2. The molecule has 1 saturated carbocycles. The largest absolute Gasteiger partial charge is 0.614 e. The molecule has 0 N–H and O–H groups in total. The van der Waals surface area contributed by atoms with Crippen molar-refractivity contribution in [1.29, 1.82) is 0 Å². The van der Waals surface area contributed by atoms with Crippen molar-refractivity contribution in [3.8, 4) is 0 Å². The molecule has 1 aliphatic heterocycles. The molecular formula is C23H34N2O3S. The van der Waals surface area contributed by atoms with Crippen LogP contribution >= 0.6 is 0 Å². The van der Waals surface area contributed by atoms with E-state index in [1.54, 1.807) is 4.90 Å². The number of rotatable bonds is 8. The smallest absolute Gasteiger partial charge is 0.289 e. The van der Waals surface area contributed by atoms with Crippen molar-refractivity contribution in [3.05, 3.63) is 41.2 Å². The molecule has 1 heterocycles. The second-order valence-corrected chi connectivity index (χ2v) is 9.10. The van der Waals surface area contributed by atoms with E-state index >= 15 is 0 Å². The molecule has 29 heavy (non-hydrogen) atoms. The molecule has 2 aliphatic rings. The van der Waals surface area contributed by atoms with Crippen LogP contribution in [0.15, 0.2) is 30.3 Å². The summed E-state index contributed by atoms with van der Waals surface area (Å²) in [5.41, 5.74) is 1.43. The molecule has 5 nitrogen and oxygen atoms in total. The van der Waals surface area contributed by atoms with E-state index in [1.165, 1.54) is 24.2 Å². The molecule has 1 aliphatic carbocycles. The van der Waals surface area contributed by atoms with E-state index < -0.39 is 5.78 Å². The van der Waals surface area contributed by atoms with Crippen LogP contribution in [0.1, 0.15) is 56.9 Å². The zero-order valence-electron chi connectivity index (χ0n) is 17.6. The monoisotopic (exact) mass is 418 g/mol. The van der Waals surface area contributed by atoms with Crippen LogP contribution in [0.3, 0.4) is 0 Å². The Labute approximate surface area is 178 Å². The molecule has 6 heteroatoms. The fraction of sp³-hybridized carbons (Fsp3) is 0.652. The Hall–Kier alpha value is -1.37. The molecule has 160 valence electrons. The van der Waals surface area contributed by atoms with Gasteiger partial charge in [-0.25, -0.2) is 0 Å². The summed E-state index contributed by atoms with van der Waals surface area (Å²) in [5, 5.41) is 4.79.